The van der Waals surface area contributed by atoms with Gasteiger partial charge < -0.3 is 0 Å². The highest BCUT2D eigenvalue weighted by Crippen LogP contribution is 2.48. The van der Waals surface area contributed by atoms with Gasteiger partial charge in [0.15, 0.2) is 5.78 Å². The quantitative estimate of drug-likeness (QED) is 0.755. The summed E-state index contributed by atoms with van der Waals surface area (Å²) in [5.41, 5.74) is 0.835. The van der Waals surface area contributed by atoms with E-state index in [0.717, 1.165) is 29.9 Å². The molecule has 0 N–H and O–H groups in total. The van der Waals surface area contributed by atoms with Crippen molar-refractivity contribution < 1.29 is 4.79 Å². The Morgan fingerprint density at radius 3 is 2.63 bits per heavy atom. The third-order valence-electron chi connectivity index (χ3n) is 4.94. The van der Waals surface area contributed by atoms with Gasteiger partial charge in [-0.05, 0) is 44.1 Å². The molecule has 0 aromatic heterocycles. The van der Waals surface area contributed by atoms with Gasteiger partial charge in [-0.2, -0.15) is 0 Å². The van der Waals surface area contributed by atoms with E-state index in [1.165, 1.54) is 25.7 Å². The van der Waals surface area contributed by atoms with Crippen molar-refractivity contribution >= 4 is 5.78 Å². The van der Waals surface area contributed by atoms with Crippen molar-refractivity contribution in [3.8, 4) is 0 Å². The minimum Gasteiger partial charge on any atom is -0.299 e. The fourth-order valence-electron chi connectivity index (χ4n) is 4.03. The summed E-state index contributed by atoms with van der Waals surface area (Å²) in [5.74, 6) is 3.02. The largest absolute Gasteiger partial charge is 0.299 e. The maximum absolute atomic E-state index is 12.1. The monoisotopic (exact) mass is 257 g/mol. The molecule has 1 aromatic rings. The lowest BCUT2D eigenvalue weighted by Gasteiger charge is -2.26. The normalized spacial score (nSPS) is 29.1. The van der Waals surface area contributed by atoms with Gasteiger partial charge in [0.1, 0.15) is 0 Å². The number of rotatable bonds is 5. The zero-order chi connectivity index (χ0) is 13.2. The number of carbonyl (C=O) groups is 1. The average Bonchev–Trinajstić information content (AvgIpc) is 3.02. The van der Waals surface area contributed by atoms with E-state index in [1.807, 2.05) is 30.3 Å². The first kappa shape index (κ1) is 12.9. The van der Waals surface area contributed by atoms with Crippen molar-refractivity contribution in [2.24, 2.45) is 17.8 Å². The molecule has 0 radical (unpaired) electrons. The van der Waals surface area contributed by atoms with Gasteiger partial charge in [0, 0.05) is 12.1 Å². The highest BCUT2D eigenvalue weighted by atomic mass is 16.1. The lowest BCUT2D eigenvalue weighted by atomic mass is 9.88. The van der Waals surface area contributed by atoms with Crippen molar-refractivity contribution in [2.75, 3.05) is 20.1 Å². The maximum Gasteiger partial charge on any atom is 0.176 e. The summed E-state index contributed by atoms with van der Waals surface area (Å²) in [6.07, 6.45) is 5.73. The van der Waals surface area contributed by atoms with Crippen LogP contribution < -0.4 is 0 Å². The third-order valence-corrected chi connectivity index (χ3v) is 4.94. The van der Waals surface area contributed by atoms with Crippen LogP contribution in [0, 0.1) is 17.8 Å². The first-order chi connectivity index (χ1) is 9.22. The fraction of sp³-hybridized carbons (Fsp3) is 0.588. The molecule has 3 atom stereocenters. The van der Waals surface area contributed by atoms with Crippen LogP contribution in [0.4, 0.5) is 0 Å². The Morgan fingerprint density at radius 2 is 2.00 bits per heavy atom. The van der Waals surface area contributed by atoms with Crippen LogP contribution in [0.25, 0.3) is 0 Å². The van der Waals surface area contributed by atoms with Crippen LogP contribution in [0.3, 0.4) is 0 Å². The van der Waals surface area contributed by atoms with E-state index in [-0.39, 0.29) is 5.78 Å². The van der Waals surface area contributed by atoms with Gasteiger partial charge in [0.25, 0.3) is 0 Å². The van der Waals surface area contributed by atoms with Crippen molar-refractivity contribution in [1.29, 1.82) is 0 Å². The zero-order valence-corrected chi connectivity index (χ0v) is 11.7. The highest BCUT2D eigenvalue weighted by molar-refractivity contribution is 5.97. The van der Waals surface area contributed by atoms with Crippen LogP contribution in [-0.4, -0.2) is 30.8 Å². The van der Waals surface area contributed by atoms with Crippen molar-refractivity contribution in [1.82, 2.24) is 4.90 Å². The Kier molecular flexibility index (Phi) is 3.69. The van der Waals surface area contributed by atoms with Crippen LogP contribution in [0.1, 0.15) is 36.0 Å². The zero-order valence-electron chi connectivity index (χ0n) is 11.7. The molecule has 0 saturated heterocycles. The van der Waals surface area contributed by atoms with Crippen LogP contribution in [0.2, 0.25) is 0 Å². The number of nitrogens with zero attached hydrogens (tertiary/aromatic N) is 1. The predicted octanol–water partition coefficient (Wildman–Crippen LogP) is 3.24. The second-order valence-electron chi connectivity index (χ2n) is 6.42. The predicted molar refractivity (Wildman–Crippen MR) is 77.2 cm³/mol. The Labute approximate surface area is 115 Å². The number of likely N-dealkylation sites (N-methyl/N-ethyl adjacent to an activating group) is 1. The topological polar surface area (TPSA) is 20.3 Å². The SMILES string of the molecule is CN(CC(=O)c1ccccc1)CC1CC2CCC1C2. The molecular weight excluding hydrogens is 234 g/mol. The molecule has 2 saturated carbocycles. The van der Waals surface area contributed by atoms with Gasteiger partial charge >= 0.3 is 0 Å². The van der Waals surface area contributed by atoms with E-state index in [9.17, 15) is 4.79 Å². The van der Waals surface area contributed by atoms with Crippen LogP contribution in [0.5, 0.6) is 0 Å². The molecule has 2 nitrogen and oxygen atoms in total. The number of benzene rings is 1. The Bertz CT molecular complexity index is 442. The summed E-state index contributed by atoms with van der Waals surface area (Å²) in [4.78, 5) is 14.4. The summed E-state index contributed by atoms with van der Waals surface area (Å²) in [6.45, 7) is 1.65. The van der Waals surface area contributed by atoms with Crippen molar-refractivity contribution in [3.63, 3.8) is 0 Å². The van der Waals surface area contributed by atoms with Gasteiger partial charge in [0.05, 0.1) is 6.54 Å². The summed E-state index contributed by atoms with van der Waals surface area (Å²) >= 11 is 0. The summed E-state index contributed by atoms with van der Waals surface area (Å²) in [7, 11) is 2.09. The average molecular weight is 257 g/mol. The Hall–Kier alpha value is -1.15. The van der Waals surface area contributed by atoms with Crippen LogP contribution >= 0.6 is 0 Å². The smallest absolute Gasteiger partial charge is 0.176 e. The Morgan fingerprint density at radius 1 is 1.21 bits per heavy atom. The summed E-state index contributed by atoms with van der Waals surface area (Å²) in [6, 6.07) is 9.64. The molecule has 2 heteroatoms. The van der Waals surface area contributed by atoms with Gasteiger partial charge in [0.2, 0.25) is 0 Å². The molecule has 0 spiro atoms. The van der Waals surface area contributed by atoms with Crippen LogP contribution in [0.15, 0.2) is 30.3 Å². The first-order valence-corrected chi connectivity index (χ1v) is 7.49. The maximum atomic E-state index is 12.1. The molecule has 2 fully saturated rings. The number of carbonyl (C=O) groups excluding carboxylic acids is 1. The molecule has 0 heterocycles. The number of ketones is 1. The summed E-state index contributed by atoms with van der Waals surface area (Å²) in [5, 5.41) is 0. The highest BCUT2D eigenvalue weighted by Gasteiger charge is 2.39. The number of fused-ring (bicyclic) bond motifs is 2. The standard InChI is InChI=1S/C17H23NO/c1-18(11-16-10-13-7-8-15(16)9-13)12-17(19)14-5-3-2-4-6-14/h2-6,13,15-16H,7-12H2,1H3. The lowest BCUT2D eigenvalue weighted by molar-refractivity contribution is 0.0929. The van der Waals surface area contributed by atoms with E-state index >= 15 is 0 Å². The molecule has 19 heavy (non-hydrogen) atoms. The molecule has 102 valence electrons. The van der Waals surface area contributed by atoms with Gasteiger partial charge in [-0.3, -0.25) is 9.69 Å². The fourth-order valence-corrected chi connectivity index (χ4v) is 4.03. The lowest BCUT2D eigenvalue weighted by Crippen LogP contribution is -2.32. The number of hydrogen-bond donors (Lipinski definition) is 0. The second-order valence-corrected chi connectivity index (χ2v) is 6.42. The minimum atomic E-state index is 0.242. The van der Waals surface area contributed by atoms with E-state index in [0.29, 0.717) is 6.54 Å². The molecule has 1 aromatic carbocycles. The minimum absolute atomic E-state index is 0.242. The van der Waals surface area contributed by atoms with E-state index < -0.39 is 0 Å². The Balaban J connectivity index is 1.51. The van der Waals surface area contributed by atoms with Gasteiger partial charge in [-0.1, -0.05) is 36.8 Å². The third kappa shape index (κ3) is 2.89. The molecule has 2 aliphatic rings. The molecule has 2 bridgehead atoms. The van der Waals surface area contributed by atoms with Crippen LogP contribution in [-0.2, 0) is 0 Å². The molecule has 3 rings (SSSR count). The number of Topliss-reactive ketones (excluding diaryl/α,β-unsaturated/α-hetero) is 1. The summed E-state index contributed by atoms with van der Waals surface area (Å²) < 4.78 is 0. The molecule has 0 aliphatic heterocycles. The van der Waals surface area contributed by atoms with E-state index in [2.05, 4.69) is 11.9 Å². The molecular formula is C17H23NO. The van der Waals surface area contributed by atoms with Crippen molar-refractivity contribution in [2.45, 2.75) is 25.7 Å². The molecule has 0 amide bonds. The molecule has 3 unspecified atom stereocenters. The van der Waals surface area contributed by atoms with E-state index in [4.69, 9.17) is 0 Å². The molecule has 2 aliphatic carbocycles. The van der Waals surface area contributed by atoms with Crippen molar-refractivity contribution in [3.05, 3.63) is 35.9 Å². The van der Waals surface area contributed by atoms with Gasteiger partial charge in [-0.15, -0.1) is 0 Å². The van der Waals surface area contributed by atoms with Gasteiger partial charge in [-0.25, -0.2) is 0 Å². The second kappa shape index (κ2) is 5.46. The number of hydrogen-bond acceptors (Lipinski definition) is 2. The first-order valence-electron chi connectivity index (χ1n) is 7.49. The van der Waals surface area contributed by atoms with E-state index in [1.54, 1.807) is 0 Å².